The molecule has 0 saturated carbocycles. The number of rotatable bonds is 3. The number of hydrogen-bond acceptors (Lipinski definition) is 2. The molecule has 1 aromatic carbocycles. The molecule has 1 fully saturated rings. The van der Waals surface area contributed by atoms with E-state index >= 15 is 0 Å². The maximum absolute atomic E-state index is 6.04. The van der Waals surface area contributed by atoms with Crippen molar-refractivity contribution in [1.82, 2.24) is 0 Å². The van der Waals surface area contributed by atoms with Gasteiger partial charge in [-0.15, -0.1) is 11.6 Å². The predicted octanol–water partition coefficient (Wildman–Crippen LogP) is 3.85. The molecular formula is C15H21ClO2. The first-order chi connectivity index (χ1) is 8.47. The van der Waals surface area contributed by atoms with Gasteiger partial charge in [0.25, 0.3) is 0 Å². The van der Waals surface area contributed by atoms with Crippen LogP contribution in [0, 0.1) is 12.3 Å². The van der Waals surface area contributed by atoms with Crippen molar-refractivity contribution in [3.8, 4) is 0 Å². The largest absolute Gasteiger partial charge is 0.345 e. The van der Waals surface area contributed by atoms with Crippen LogP contribution in [0.15, 0.2) is 24.3 Å². The highest BCUT2D eigenvalue weighted by Crippen LogP contribution is 2.39. The minimum Gasteiger partial charge on any atom is -0.345 e. The van der Waals surface area contributed by atoms with Crippen LogP contribution >= 0.6 is 11.6 Å². The Morgan fingerprint density at radius 3 is 2.17 bits per heavy atom. The molecule has 1 saturated heterocycles. The second-order valence-electron chi connectivity index (χ2n) is 5.80. The van der Waals surface area contributed by atoms with Gasteiger partial charge in [0, 0.05) is 23.3 Å². The van der Waals surface area contributed by atoms with E-state index in [0.29, 0.717) is 25.5 Å². The van der Waals surface area contributed by atoms with Crippen LogP contribution in [0.5, 0.6) is 0 Å². The highest BCUT2D eigenvalue weighted by molar-refractivity contribution is 6.17. The minimum absolute atomic E-state index is 0.0700. The van der Waals surface area contributed by atoms with Gasteiger partial charge < -0.3 is 9.47 Å². The van der Waals surface area contributed by atoms with E-state index in [1.54, 1.807) is 0 Å². The average Bonchev–Trinajstić information content (AvgIpc) is 2.34. The third-order valence-electron chi connectivity index (χ3n) is 3.31. The molecule has 1 aliphatic heterocycles. The van der Waals surface area contributed by atoms with Crippen LogP contribution in [-0.4, -0.2) is 19.1 Å². The molecule has 2 nitrogen and oxygen atoms in total. The molecule has 0 N–H and O–H groups in total. The van der Waals surface area contributed by atoms with Crippen LogP contribution in [0.2, 0.25) is 0 Å². The van der Waals surface area contributed by atoms with Crippen molar-refractivity contribution in [2.24, 2.45) is 5.41 Å². The van der Waals surface area contributed by atoms with E-state index in [-0.39, 0.29) is 5.41 Å². The SMILES string of the molecule is Cc1ccc(C2(CCCl)OCC(C)(C)CO2)cc1. The molecule has 2 rings (SSSR count). The van der Waals surface area contributed by atoms with Gasteiger partial charge in [-0.1, -0.05) is 43.7 Å². The zero-order valence-electron chi connectivity index (χ0n) is 11.3. The number of benzene rings is 1. The molecule has 1 aromatic rings. The first kappa shape index (κ1) is 13.9. The summed E-state index contributed by atoms with van der Waals surface area (Å²) < 4.78 is 12.1. The van der Waals surface area contributed by atoms with Crippen molar-refractivity contribution < 1.29 is 9.47 Å². The van der Waals surface area contributed by atoms with Gasteiger partial charge in [-0.3, -0.25) is 0 Å². The first-order valence-electron chi connectivity index (χ1n) is 6.38. The highest BCUT2D eigenvalue weighted by atomic mass is 35.5. The Morgan fingerprint density at radius 2 is 1.67 bits per heavy atom. The van der Waals surface area contributed by atoms with Gasteiger partial charge in [-0.25, -0.2) is 0 Å². The fourth-order valence-corrected chi connectivity index (χ4v) is 2.34. The summed E-state index contributed by atoms with van der Waals surface area (Å²) in [6.45, 7) is 7.75. The van der Waals surface area contributed by atoms with Crippen LogP contribution in [-0.2, 0) is 15.3 Å². The standard InChI is InChI=1S/C15H21ClO2/c1-12-4-6-13(7-5-12)15(8-9-16)17-10-14(2,3)11-18-15/h4-7H,8-11H2,1-3H3. The van der Waals surface area contributed by atoms with Crippen molar-refractivity contribution in [1.29, 1.82) is 0 Å². The minimum atomic E-state index is -0.662. The number of alkyl halides is 1. The molecule has 0 aromatic heterocycles. The lowest BCUT2D eigenvalue weighted by atomic mass is 9.92. The molecule has 18 heavy (non-hydrogen) atoms. The Morgan fingerprint density at radius 1 is 1.11 bits per heavy atom. The topological polar surface area (TPSA) is 18.5 Å². The van der Waals surface area contributed by atoms with Crippen LogP contribution in [0.25, 0.3) is 0 Å². The van der Waals surface area contributed by atoms with E-state index in [9.17, 15) is 0 Å². The Labute approximate surface area is 114 Å². The number of ether oxygens (including phenoxy) is 2. The summed E-state index contributed by atoms with van der Waals surface area (Å²) in [5, 5.41) is 0. The zero-order chi connectivity index (χ0) is 13.2. The third-order valence-corrected chi connectivity index (χ3v) is 3.50. The number of halogens is 1. The van der Waals surface area contributed by atoms with Gasteiger partial charge in [-0.05, 0) is 6.92 Å². The Kier molecular flexibility index (Phi) is 4.00. The smallest absolute Gasteiger partial charge is 0.195 e. The summed E-state index contributed by atoms with van der Waals surface area (Å²) in [6, 6.07) is 8.30. The van der Waals surface area contributed by atoms with Gasteiger partial charge in [0.2, 0.25) is 0 Å². The normalized spacial score (nSPS) is 21.8. The van der Waals surface area contributed by atoms with Crippen molar-refractivity contribution in [2.75, 3.05) is 19.1 Å². The highest BCUT2D eigenvalue weighted by Gasteiger charge is 2.41. The van der Waals surface area contributed by atoms with Crippen LogP contribution < -0.4 is 0 Å². The lowest BCUT2D eigenvalue weighted by Crippen LogP contribution is -2.45. The Bertz CT molecular complexity index is 387. The van der Waals surface area contributed by atoms with E-state index in [4.69, 9.17) is 21.1 Å². The fourth-order valence-electron chi connectivity index (χ4n) is 2.09. The van der Waals surface area contributed by atoms with Gasteiger partial charge in [0.15, 0.2) is 5.79 Å². The maximum Gasteiger partial charge on any atom is 0.195 e. The molecule has 0 aliphatic carbocycles. The Balaban J connectivity index is 2.25. The second kappa shape index (κ2) is 5.20. The average molecular weight is 269 g/mol. The van der Waals surface area contributed by atoms with Crippen LogP contribution in [0.3, 0.4) is 0 Å². The molecule has 0 atom stereocenters. The molecule has 0 bridgehead atoms. The molecule has 0 radical (unpaired) electrons. The van der Waals surface area contributed by atoms with Gasteiger partial charge in [0.1, 0.15) is 0 Å². The van der Waals surface area contributed by atoms with Crippen LogP contribution in [0.1, 0.15) is 31.4 Å². The first-order valence-corrected chi connectivity index (χ1v) is 6.92. The van der Waals surface area contributed by atoms with E-state index in [1.165, 1.54) is 5.56 Å². The van der Waals surface area contributed by atoms with Crippen LogP contribution in [0.4, 0.5) is 0 Å². The van der Waals surface area contributed by atoms with Gasteiger partial charge in [0.05, 0.1) is 13.2 Å². The lowest BCUT2D eigenvalue weighted by molar-refractivity contribution is -0.308. The summed E-state index contributed by atoms with van der Waals surface area (Å²) in [4.78, 5) is 0. The maximum atomic E-state index is 6.04. The molecule has 1 aliphatic rings. The molecule has 0 spiro atoms. The number of hydrogen-bond donors (Lipinski definition) is 0. The van der Waals surface area contributed by atoms with E-state index in [0.717, 1.165) is 5.56 Å². The molecule has 1 heterocycles. The zero-order valence-corrected chi connectivity index (χ0v) is 12.1. The van der Waals surface area contributed by atoms with Crippen molar-refractivity contribution in [3.63, 3.8) is 0 Å². The monoisotopic (exact) mass is 268 g/mol. The summed E-state index contributed by atoms with van der Waals surface area (Å²) in [6.07, 6.45) is 0.674. The summed E-state index contributed by atoms with van der Waals surface area (Å²) in [7, 11) is 0. The molecule has 3 heteroatoms. The molecule has 0 amide bonds. The van der Waals surface area contributed by atoms with E-state index < -0.39 is 5.79 Å². The number of aryl methyl sites for hydroxylation is 1. The fraction of sp³-hybridized carbons (Fsp3) is 0.600. The third kappa shape index (κ3) is 2.87. The van der Waals surface area contributed by atoms with E-state index in [2.05, 4.69) is 45.0 Å². The quantitative estimate of drug-likeness (QED) is 0.776. The van der Waals surface area contributed by atoms with Crippen molar-refractivity contribution in [2.45, 2.75) is 33.0 Å². The second-order valence-corrected chi connectivity index (χ2v) is 6.18. The molecule has 0 unspecified atom stereocenters. The summed E-state index contributed by atoms with van der Waals surface area (Å²) in [5.41, 5.74) is 2.36. The van der Waals surface area contributed by atoms with Crippen molar-refractivity contribution >= 4 is 11.6 Å². The Hall–Kier alpha value is -0.570. The van der Waals surface area contributed by atoms with E-state index in [1.807, 2.05) is 0 Å². The predicted molar refractivity (Wildman–Crippen MR) is 73.9 cm³/mol. The van der Waals surface area contributed by atoms with Gasteiger partial charge in [-0.2, -0.15) is 0 Å². The summed E-state index contributed by atoms with van der Waals surface area (Å²) >= 11 is 5.92. The van der Waals surface area contributed by atoms with Crippen molar-refractivity contribution in [3.05, 3.63) is 35.4 Å². The summed E-state index contributed by atoms with van der Waals surface area (Å²) in [5.74, 6) is -0.140. The molecular weight excluding hydrogens is 248 g/mol. The van der Waals surface area contributed by atoms with Gasteiger partial charge >= 0.3 is 0 Å². The molecule has 100 valence electrons. The lowest BCUT2D eigenvalue weighted by Gasteiger charge is -2.43.